The fraction of sp³-hybridized carbons (Fsp3) is 0.130. The molecule has 0 spiro atoms. The van der Waals surface area contributed by atoms with Crippen molar-refractivity contribution in [3.8, 4) is 5.75 Å². The minimum absolute atomic E-state index is 0.0602. The number of benzene rings is 3. The maximum atomic E-state index is 13.6. The third-order valence-corrected chi connectivity index (χ3v) is 6.85. The van der Waals surface area contributed by atoms with E-state index in [4.69, 9.17) is 4.74 Å². The monoisotopic (exact) mass is 515 g/mol. The number of hydrogen-bond donors (Lipinski definition) is 1. The van der Waals surface area contributed by atoms with Crippen molar-refractivity contribution in [1.82, 2.24) is 5.43 Å². The highest BCUT2D eigenvalue weighted by Crippen LogP contribution is 2.32. The molecule has 0 radical (unpaired) electrons. The molecule has 9 heteroatoms. The first kappa shape index (κ1) is 23.5. The summed E-state index contributed by atoms with van der Waals surface area (Å²) in [6.45, 7) is 1.29. The van der Waals surface area contributed by atoms with E-state index in [0.717, 1.165) is 9.87 Å². The summed E-state index contributed by atoms with van der Waals surface area (Å²) in [6, 6.07) is 22.4. The van der Waals surface area contributed by atoms with E-state index in [0.29, 0.717) is 15.9 Å². The zero-order valence-electron chi connectivity index (χ0n) is 17.5. The Morgan fingerprint density at radius 3 is 2.28 bits per heavy atom. The number of hydrogen-bond acceptors (Lipinski definition) is 5. The van der Waals surface area contributed by atoms with Crippen LogP contribution in [0, 0.1) is 0 Å². The molecule has 1 amide bonds. The number of ether oxygens (including phenoxy) is 1. The Morgan fingerprint density at radius 2 is 1.66 bits per heavy atom. The van der Waals surface area contributed by atoms with Gasteiger partial charge in [0.25, 0.3) is 15.9 Å². The van der Waals surface area contributed by atoms with E-state index in [1.54, 1.807) is 49.4 Å². The Bertz CT molecular complexity index is 1220. The number of nitrogens with one attached hydrogen (secondary N) is 1. The van der Waals surface area contributed by atoms with Crippen molar-refractivity contribution >= 4 is 43.3 Å². The van der Waals surface area contributed by atoms with Crippen molar-refractivity contribution < 1.29 is 17.9 Å². The number of halogens is 1. The summed E-state index contributed by atoms with van der Waals surface area (Å²) >= 11 is 3.30. The number of anilines is 1. The topological polar surface area (TPSA) is 88.1 Å². The molecule has 0 aliphatic rings. The first-order valence-electron chi connectivity index (χ1n) is 9.63. The van der Waals surface area contributed by atoms with Gasteiger partial charge in [0.2, 0.25) is 0 Å². The molecule has 0 fully saturated rings. The summed E-state index contributed by atoms with van der Waals surface area (Å²) < 4.78 is 34.0. The third kappa shape index (κ3) is 5.54. The van der Waals surface area contributed by atoms with Crippen LogP contribution in [0.4, 0.5) is 5.69 Å². The number of para-hydroxylation sites is 1. The van der Waals surface area contributed by atoms with Crippen LogP contribution in [-0.2, 0) is 14.8 Å². The standard InChI is InChI=1S/C23H22BrN3O4S/c1-17(18-9-5-3-6-10-18)25-26-23(28)16-27(20-11-7-4-8-12-20)32(29,30)22-15-19(24)13-14-21(22)31-2/h3-15H,16H2,1-2H3,(H,26,28)/b25-17-. The molecular formula is C23H22BrN3O4S. The largest absolute Gasteiger partial charge is 0.495 e. The van der Waals surface area contributed by atoms with Crippen LogP contribution in [0.1, 0.15) is 12.5 Å². The van der Waals surface area contributed by atoms with Crippen LogP contribution in [0.5, 0.6) is 5.75 Å². The van der Waals surface area contributed by atoms with Gasteiger partial charge in [-0.1, -0.05) is 64.5 Å². The Balaban J connectivity index is 1.92. The minimum Gasteiger partial charge on any atom is -0.495 e. The van der Waals surface area contributed by atoms with Crippen LogP contribution < -0.4 is 14.5 Å². The molecular weight excluding hydrogens is 494 g/mol. The van der Waals surface area contributed by atoms with Crippen molar-refractivity contribution in [2.24, 2.45) is 5.10 Å². The van der Waals surface area contributed by atoms with Gasteiger partial charge in [-0.2, -0.15) is 5.10 Å². The lowest BCUT2D eigenvalue weighted by atomic mass is 10.1. The number of hydrazone groups is 1. The zero-order valence-corrected chi connectivity index (χ0v) is 19.9. The molecule has 7 nitrogen and oxygen atoms in total. The molecule has 32 heavy (non-hydrogen) atoms. The van der Waals surface area contributed by atoms with E-state index >= 15 is 0 Å². The summed E-state index contributed by atoms with van der Waals surface area (Å²) in [5, 5.41) is 4.11. The van der Waals surface area contributed by atoms with Gasteiger partial charge in [-0.25, -0.2) is 13.8 Å². The van der Waals surface area contributed by atoms with Crippen LogP contribution in [0.3, 0.4) is 0 Å². The normalized spacial score (nSPS) is 11.7. The number of methoxy groups -OCH3 is 1. The molecule has 0 saturated heterocycles. The molecule has 3 rings (SSSR count). The maximum absolute atomic E-state index is 13.6. The predicted molar refractivity (Wildman–Crippen MR) is 128 cm³/mol. The second-order valence-corrected chi connectivity index (χ2v) is 9.49. The second-order valence-electron chi connectivity index (χ2n) is 6.74. The van der Waals surface area contributed by atoms with Crippen molar-refractivity contribution in [1.29, 1.82) is 0 Å². The number of nitrogens with zero attached hydrogens (tertiary/aromatic N) is 2. The van der Waals surface area contributed by atoms with E-state index in [9.17, 15) is 13.2 Å². The summed E-state index contributed by atoms with van der Waals surface area (Å²) in [4.78, 5) is 12.6. The minimum atomic E-state index is -4.14. The average Bonchev–Trinajstić information content (AvgIpc) is 2.82. The highest BCUT2D eigenvalue weighted by molar-refractivity contribution is 9.10. The highest BCUT2D eigenvalue weighted by Gasteiger charge is 2.30. The van der Waals surface area contributed by atoms with Gasteiger partial charge in [0, 0.05) is 4.47 Å². The van der Waals surface area contributed by atoms with E-state index in [-0.39, 0.29) is 10.6 Å². The Hall–Kier alpha value is -3.17. The number of amides is 1. The van der Waals surface area contributed by atoms with Crippen LogP contribution in [0.25, 0.3) is 0 Å². The van der Waals surface area contributed by atoms with E-state index in [1.807, 2.05) is 30.3 Å². The summed E-state index contributed by atoms with van der Waals surface area (Å²) in [5.74, 6) is -0.408. The van der Waals surface area contributed by atoms with Crippen LogP contribution in [0.15, 0.2) is 93.3 Å². The average molecular weight is 516 g/mol. The Morgan fingerprint density at radius 1 is 1.03 bits per heavy atom. The summed E-state index contributed by atoms with van der Waals surface area (Å²) in [5.41, 5.74) is 4.23. The van der Waals surface area contributed by atoms with Crippen molar-refractivity contribution in [2.75, 3.05) is 18.0 Å². The number of carbonyl (C=O) groups is 1. The van der Waals surface area contributed by atoms with Crippen molar-refractivity contribution in [3.05, 3.63) is 88.9 Å². The zero-order chi connectivity index (χ0) is 23.1. The molecule has 0 aliphatic heterocycles. The van der Waals surface area contributed by atoms with Gasteiger partial charge in [0.05, 0.1) is 18.5 Å². The molecule has 0 unspecified atom stereocenters. The quantitative estimate of drug-likeness (QED) is 0.359. The SMILES string of the molecule is COc1ccc(Br)cc1S(=O)(=O)N(CC(=O)N/N=C(/C)c1ccccc1)c1ccccc1. The van der Waals surface area contributed by atoms with Crippen LogP contribution >= 0.6 is 15.9 Å². The molecule has 0 saturated carbocycles. The van der Waals surface area contributed by atoms with Gasteiger partial charge < -0.3 is 4.74 Å². The fourth-order valence-corrected chi connectivity index (χ4v) is 5.05. The number of rotatable bonds is 8. The molecule has 0 aromatic heterocycles. The maximum Gasteiger partial charge on any atom is 0.268 e. The fourth-order valence-electron chi connectivity index (χ4n) is 2.94. The van der Waals surface area contributed by atoms with Gasteiger partial charge in [0.15, 0.2) is 0 Å². The van der Waals surface area contributed by atoms with Crippen LogP contribution in [0.2, 0.25) is 0 Å². The summed E-state index contributed by atoms with van der Waals surface area (Å²) in [6.07, 6.45) is 0. The van der Waals surface area contributed by atoms with Gasteiger partial charge in [-0.15, -0.1) is 0 Å². The lowest BCUT2D eigenvalue weighted by Crippen LogP contribution is -2.39. The van der Waals surface area contributed by atoms with E-state index in [2.05, 4.69) is 26.5 Å². The molecule has 3 aromatic rings. The van der Waals surface area contributed by atoms with Gasteiger partial charge >= 0.3 is 0 Å². The number of carbonyl (C=O) groups excluding carboxylic acids is 1. The number of sulfonamides is 1. The molecule has 0 atom stereocenters. The van der Waals surface area contributed by atoms with E-state index in [1.165, 1.54) is 13.2 Å². The lowest BCUT2D eigenvalue weighted by molar-refractivity contribution is -0.119. The predicted octanol–water partition coefficient (Wildman–Crippen LogP) is 4.19. The van der Waals surface area contributed by atoms with Crippen molar-refractivity contribution in [3.63, 3.8) is 0 Å². The Labute approximate surface area is 195 Å². The lowest BCUT2D eigenvalue weighted by Gasteiger charge is -2.24. The first-order valence-corrected chi connectivity index (χ1v) is 11.9. The second kappa shape index (κ2) is 10.4. The molecule has 166 valence electrons. The highest BCUT2D eigenvalue weighted by atomic mass is 79.9. The Kier molecular flexibility index (Phi) is 7.66. The van der Waals surface area contributed by atoms with Crippen LogP contribution in [-0.4, -0.2) is 33.7 Å². The first-order chi connectivity index (χ1) is 15.3. The van der Waals surface area contributed by atoms with Crippen molar-refractivity contribution in [2.45, 2.75) is 11.8 Å². The third-order valence-electron chi connectivity index (χ3n) is 4.56. The van der Waals surface area contributed by atoms with Gasteiger partial charge in [-0.3, -0.25) is 9.10 Å². The van der Waals surface area contributed by atoms with E-state index < -0.39 is 22.5 Å². The van der Waals surface area contributed by atoms with Gasteiger partial charge in [-0.05, 0) is 42.8 Å². The molecule has 1 N–H and O–H groups in total. The van der Waals surface area contributed by atoms with Gasteiger partial charge in [0.1, 0.15) is 17.2 Å². The molecule has 0 aliphatic carbocycles. The molecule has 0 bridgehead atoms. The smallest absolute Gasteiger partial charge is 0.268 e. The molecule has 3 aromatic carbocycles. The molecule has 0 heterocycles. The summed E-state index contributed by atoms with van der Waals surface area (Å²) in [7, 11) is -2.74.